The van der Waals surface area contributed by atoms with E-state index < -0.39 is 12.1 Å². The number of hydrogen-bond donors (Lipinski definition) is 3. The van der Waals surface area contributed by atoms with Gasteiger partial charge in [-0.1, -0.05) is 289 Å². The Bertz CT molecular complexity index is 1060. The number of unbranched alkanes of at least 4 members (excludes halogenated alkanes) is 44. The van der Waals surface area contributed by atoms with Gasteiger partial charge in [-0.2, -0.15) is 0 Å². The Morgan fingerprint density at radius 2 is 0.691 bits per heavy atom. The van der Waals surface area contributed by atoms with Crippen molar-refractivity contribution >= 4 is 11.9 Å². The van der Waals surface area contributed by atoms with Crippen LogP contribution in [-0.4, -0.2) is 47.4 Å². The van der Waals surface area contributed by atoms with Gasteiger partial charge in [0, 0.05) is 12.8 Å². The number of rotatable bonds is 57. The molecule has 3 N–H and O–H groups in total. The lowest BCUT2D eigenvalue weighted by Crippen LogP contribution is -2.45. The summed E-state index contributed by atoms with van der Waals surface area (Å²) in [5, 5.41) is 23.2. The minimum Gasteiger partial charge on any atom is -0.466 e. The maximum absolute atomic E-state index is 12.5. The second-order valence-electron chi connectivity index (χ2n) is 21.0. The SMILES string of the molecule is CCCCCCCC/C=C\CCCCCCCCCC(=O)OCCCCCCCCCCCC(=O)NC(CO)C(O)/C=C/CCCCCCCCCCCCCCCCCCCCCCCCC. The third-order valence-electron chi connectivity index (χ3n) is 14.2. The van der Waals surface area contributed by atoms with Crippen LogP contribution in [0.25, 0.3) is 0 Å². The molecule has 0 aromatic carbocycles. The molecule has 0 spiro atoms. The van der Waals surface area contributed by atoms with E-state index in [0.717, 1.165) is 57.8 Å². The van der Waals surface area contributed by atoms with E-state index in [1.165, 1.54) is 250 Å². The van der Waals surface area contributed by atoms with Gasteiger partial charge in [-0.3, -0.25) is 9.59 Å². The Morgan fingerprint density at radius 1 is 0.397 bits per heavy atom. The smallest absolute Gasteiger partial charge is 0.305 e. The van der Waals surface area contributed by atoms with Gasteiger partial charge in [0.1, 0.15) is 0 Å². The van der Waals surface area contributed by atoms with Crippen LogP contribution in [0, 0.1) is 0 Å². The summed E-state index contributed by atoms with van der Waals surface area (Å²) in [5.41, 5.74) is 0. The molecule has 6 heteroatoms. The van der Waals surface area contributed by atoms with Crippen LogP contribution in [0.1, 0.15) is 335 Å². The van der Waals surface area contributed by atoms with Crippen LogP contribution in [0.3, 0.4) is 0 Å². The molecule has 2 atom stereocenters. The third kappa shape index (κ3) is 53.7. The summed E-state index contributed by atoms with van der Waals surface area (Å²) < 4.78 is 5.47. The fourth-order valence-corrected chi connectivity index (χ4v) is 9.51. The molecule has 0 aliphatic rings. The average Bonchev–Trinajstić information content (AvgIpc) is 3.34. The predicted octanol–water partition coefficient (Wildman–Crippen LogP) is 19.0. The van der Waals surface area contributed by atoms with Gasteiger partial charge in [-0.05, 0) is 57.8 Å². The zero-order valence-electron chi connectivity index (χ0n) is 45.9. The summed E-state index contributed by atoms with van der Waals surface area (Å²) in [6, 6.07) is -0.649. The van der Waals surface area contributed by atoms with Gasteiger partial charge in [0.2, 0.25) is 5.91 Å². The van der Waals surface area contributed by atoms with Gasteiger partial charge in [0.15, 0.2) is 0 Å². The summed E-state index contributed by atoms with van der Waals surface area (Å²) in [5.74, 6) is -0.122. The fourth-order valence-electron chi connectivity index (χ4n) is 9.51. The lowest BCUT2D eigenvalue weighted by Gasteiger charge is -2.20. The molecule has 0 aromatic rings. The lowest BCUT2D eigenvalue weighted by molar-refractivity contribution is -0.143. The van der Waals surface area contributed by atoms with Gasteiger partial charge < -0.3 is 20.3 Å². The number of esters is 1. The van der Waals surface area contributed by atoms with E-state index in [1.54, 1.807) is 6.08 Å². The van der Waals surface area contributed by atoms with Crippen LogP contribution in [0.2, 0.25) is 0 Å². The van der Waals surface area contributed by atoms with Crippen molar-refractivity contribution in [2.24, 2.45) is 0 Å². The molecule has 1 amide bonds. The zero-order chi connectivity index (χ0) is 49.3. The van der Waals surface area contributed by atoms with Crippen LogP contribution >= 0.6 is 0 Å². The highest BCUT2D eigenvalue weighted by Crippen LogP contribution is 2.17. The van der Waals surface area contributed by atoms with E-state index in [2.05, 4.69) is 31.3 Å². The molecule has 6 nitrogen and oxygen atoms in total. The van der Waals surface area contributed by atoms with Gasteiger partial charge >= 0.3 is 5.97 Å². The molecule has 0 radical (unpaired) electrons. The molecule has 68 heavy (non-hydrogen) atoms. The highest BCUT2D eigenvalue weighted by Gasteiger charge is 2.18. The zero-order valence-corrected chi connectivity index (χ0v) is 45.9. The Kier molecular flexibility index (Phi) is 56.5. The van der Waals surface area contributed by atoms with Crippen molar-refractivity contribution in [3.8, 4) is 0 Å². The molecule has 0 heterocycles. The summed E-state index contributed by atoms with van der Waals surface area (Å²) in [4.78, 5) is 24.6. The molecular weight excluding hydrogens is 839 g/mol. The standard InChI is InChI=1S/C62H119NO5/c1-3-5-7-9-11-13-15-17-19-21-22-23-24-25-26-27-28-30-31-33-35-38-42-46-50-54-60(65)59(58-64)63-61(66)55-51-47-43-39-37-41-45-49-53-57-68-62(67)56-52-48-44-40-36-34-32-29-20-18-16-14-12-10-8-6-4-2/h18,20,50,54,59-60,64-65H,3-17,19,21-49,51-53,55-58H2,1-2H3,(H,63,66)/b20-18-,54-50+. The van der Waals surface area contributed by atoms with Gasteiger partial charge in [-0.15, -0.1) is 0 Å². The van der Waals surface area contributed by atoms with E-state index in [1.807, 2.05) is 6.08 Å². The number of amides is 1. The quantitative estimate of drug-likeness (QED) is 0.0321. The minimum absolute atomic E-state index is 0.0295. The van der Waals surface area contributed by atoms with E-state index >= 15 is 0 Å². The Labute approximate surface area is 424 Å². The van der Waals surface area contributed by atoms with Gasteiger partial charge in [-0.25, -0.2) is 0 Å². The Balaban J connectivity index is 3.49. The second kappa shape index (κ2) is 57.9. The number of aliphatic hydroxyl groups is 2. The van der Waals surface area contributed by atoms with Crippen molar-refractivity contribution in [2.45, 2.75) is 347 Å². The highest BCUT2D eigenvalue weighted by atomic mass is 16.5. The van der Waals surface area contributed by atoms with E-state index in [4.69, 9.17) is 4.74 Å². The molecule has 0 rings (SSSR count). The normalized spacial score (nSPS) is 12.7. The van der Waals surface area contributed by atoms with Crippen molar-refractivity contribution < 1.29 is 24.5 Å². The summed E-state index contributed by atoms with van der Waals surface area (Å²) >= 11 is 0. The number of carbonyl (C=O) groups excluding carboxylic acids is 2. The number of allylic oxidation sites excluding steroid dienone is 3. The van der Waals surface area contributed by atoms with E-state index in [9.17, 15) is 19.8 Å². The number of ether oxygens (including phenoxy) is 1. The molecule has 0 saturated carbocycles. The Morgan fingerprint density at radius 3 is 1.04 bits per heavy atom. The molecule has 0 aromatic heterocycles. The maximum atomic E-state index is 12.5. The highest BCUT2D eigenvalue weighted by molar-refractivity contribution is 5.76. The topological polar surface area (TPSA) is 95.9 Å². The van der Waals surface area contributed by atoms with E-state index in [-0.39, 0.29) is 18.5 Å². The minimum atomic E-state index is -0.863. The van der Waals surface area contributed by atoms with Crippen LogP contribution in [0.4, 0.5) is 0 Å². The number of nitrogens with one attached hydrogen (secondary N) is 1. The second-order valence-corrected chi connectivity index (χ2v) is 21.0. The monoisotopic (exact) mass is 958 g/mol. The summed E-state index contributed by atoms with van der Waals surface area (Å²) in [6.45, 7) is 4.86. The first-order valence-electron chi connectivity index (χ1n) is 30.6. The maximum Gasteiger partial charge on any atom is 0.305 e. The molecular formula is C62H119NO5. The fraction of sp³-hybridized carbons (Fsp3) is 0.903. The molecule has 0 aliphatic heterocycles. The molecule has 2 unspecified atom stereocenters. The first-order chi connectivity index (χ1) is 33.5. The summed E-state index contributed by atoms with van der Waals surface area (Å²) in [6.07, 6.45) is 70.7. The van der Waals surface area contributed by atoms with Crippen LogP contribution in [-0.2, 0) is 14.3 Å². The van der Waals surface area contributed by atoms with Crippen molar-refractivity contribution in [1.29, 1.82) is 0 Å². The average molecular weight is 959 g/mol. The van der Waals surface area contributed by atoms with Crippen molar-refractivity contribution in [2.75, 3.05) is 13.2 Å². The van der Waals surface area contributed by atoms with Gasteiger partial charge in [0.05, 0.1) is 25.4 Å². The lowest BCUT2D eigenvalue weighted by atomic mass is 10.0. The Hall–Kier alpha value is -1.66. The first kappa shape index (κ1) is 66.3. The molecule has 0 bridgehead atoms. The molecule has 0 saturated heterocycles. The third-order valence-corrected chi connectivity index (χ3v) is 14.2. The predicted molar refractivity (Wildman–Crippen MR) is 296 cm³/mol. The molecule has 0 aliphatic carbocycles. The largest absolute Gasteiger partial charge is 0.466 e. The number of aliphatic hydroxyl groups excluding tert-OH is 2. The first-order valence-corrected chi connectivity index (χ1v) is 30.6. The molecule has 0 fully saturated rings. The number of hydrogen-bond acceptors (Lipinski definition) is 5. The number of carbonyl (C=O) groups is 2. The van der Waals surface area contributed by atoms with E-state index in [0.29, 0.717) is 19.4 Å². The summed E-state index contributed by atoms with van der Waals surface area (Å²) in [7, 11) is 0. The van der Waals surface area contributed by atoms with Crippen molar-refractivity contribution in [1.82, 2.24) is 5.32 Å². The van der Waals surface area contributed by atoms with Crippen molar-refractivity contribution in [3.63, 3.8) is 0 Å². The van der Waals surface area contributed by atoms with Crippen LogP contribution in [0.5, 0.6) is 0 Å². The van der Waals surface area contributed by atoms with Crippen molar-refractivity contribution in [3.05, 3.63) is 24.3 Å². The van der Waals surface area contributed by atoms with Crippen LogP contribution < -0.4 is 5.32 Å². The van der Waals surface area contributed by atoms with Gasteiger partial charge in [0.25, 0.3) is 0 Å². The molecule has 402 valence electrons. The van der Waals surface area contributed by atoms with Crippen LogP contribution in [0.15, 0.2) is 24.3 Å².